The Kier molecular flexibility index (Phi) is 3.81. The highest BCUT2D eigenvalue weighted by molar-refractivity contribution is 4.91. The minimum atomic E-state index is 0.410. The van der Waals surface area contributed by atoms with Gasteiger partial charge in [-0.3, -0.25) is 4.90 Å². The van der Waals surface area contributed by atoms with Gasteiger partial charge in [-0.05, 0) is 39.0 Å². The lowest BCUT2D eigenvalue weighted by Crippen LogP contribution is -2.47. The topological polar surface area (TPSA) is 12.5 Å². The van der Waals surface area contributed by atoms with Crippen LogP contribution < -0.4 is 0 Å². The Hall–Kier alpha value is -0.340. The Bertz CT molecular complexity index is 217. The monoisotopic (exact) mass is 209 g/mol. The summed E-state index contributed by atoms with van der Waals surface area (Å²) >= 11 is 0. The molecule has 0 aromatic heterocycles. The van der Waals surface area contributed by atoms with Crippen molar-refractivity contribution in [2.75, 3.05) is 19.6 Å². The molecular weight excluding hydrogens is 186 g/mol. The van der Waals surface area contributed by atoms with Crippen LogP contribution in [-0.2, 0) is 4.74 Å². The van der Waals surface area contributed by atoms with Crippen molar-refractivity contribution in [3.8, 4) is 0 Å². The molecule has 3 atom stereocenters. The van der Waals surface area contributed by atoms with Crippen molar-refractivity contribution >= 4 is 0 Å². The number of morpholine rings is 1. The van der Waals surface area contributed by atoms with E-state index in [0.29, 0.717) is 12.2 Å². The van der Waals surface area contributed by atoms with Gasteiger partial charge in [0.05, 0.1) is 12.2 Å². The summed E-state index contributed by atoms with van der Waals surface area (Å²) in [6, 6.07) is 0. The molecule has 0 saturated carbocycles. The summed E-state index contributed by atoms with van der Waals surface area (Å²) in [5, 5.41) is 0. The summed E-state index contributed by atoms with van der Waals surface area (Å²) in [5.74, 6) is 0.882. The van der Waals surface area contributed by atoms with Gasteiger partial charge in [0.2, 0.25) is 0 Å². The molecular formula is C13H23NO. The molecule has 3 unspecified atom stereocenters. The highest BCUT2D eigenvalue weighted by atomic mass is 16.5. The Labute approximate surface area is 93.3 Å². The van der Waals surface area contributed by atoms with E-state index in [9.17, 15) is 0 Å². The average molecular weight is 209 g/mol. The largest absolute Gasteiger partial charge is 0.373 e. The summed E-state index contributed by atoms with van der Waals surface area (Å²) in [6.07, 6.45) is 9.42. The van der Waals surface area contributed by atoms with Crippen molar-refractivity contribution in [3.05, 3.63) is 12.2 Å². The lowest BCUT2D eigenvalue weighted by molar-refractivity contribution is -0.0716. The summed E-state index contributed by atoms with van der Waals surface area (Å²) < 4.78 is 5.75. The maximum atomic E-state index is 5.75. The second-order valence-corrected chi connectivity index (χ2v) is 5.13. The predicted molar refractivity (Wildman–Crippen MR) is 62.9 cm³/mol. The first-order valence-electron chi connectivity index (χ1n) is 6.27. The van der Waals surface area contributed by atoms with Crippen LogP contribution in [0.3, 0.4) is 0 Å². The highest BCUT2D eigenvalue weighted by Crippen LogP contribution is 2.21. The van der Waals surface area contributed by atoms with Gasteiger partial charge in [-0.1, -0.05) is 12.2 Å². The van der Waals surface area contributed by atoms with Crippen LogP contribution in [0.15, 0.2) is 12.2 Å². The zero-order valence-corrected chi connectivity index (χ0v) is 9.98. The summed E-state index contributed by atoms with van der Waals surface area (Å²) in [6.45, 7) is 7.87. The molecule has 1 aliphatic heterocycles. The molecule has 0 radical (unpaired) electrons. The molecule has 2 rings (SSSR count). The van der Waals surface area contributed by atoms with Gasteiger partial charge in [-0.2, -0.15) is 0 Å². The summed E-state index contributed by atoms with van der Waals surface area (Å²) in [7, 11) is 0. The fraction of sp³-hybridized carbons (Fsp3) is 0.846. The number of hydrogen-bond acceptors (Lipinski definition) is 2. The van der Waals surface area contributed by atoms with Crippen molar-refractivity contribution < 1.29 is 4.74 Å². The molecule has 1 saturated heterocycles. The van der Waals surface area contributed by atoms with Crippen LogP contribution in [0.1, 0.15) is 33.1 Å². The lowest BCUT2D eigenvalue weighted by atomic mass is 9.93. The molecule has 2 aliphatic rings. The molecule has 1 aliphatic carbocycles. The van der Waals surface area contributed by atoms with Crippen LogP contribution in [0.25, 0.3) is 0 Å². The van der Waals surface area contributed by atoms with Crippen LogP contribution in [0, 0.1) is 5.92 Å². The Morgan fingerprint density at radius 1 is 1.20 bits per heavy atom. The van der Waals surface area contributed by atoms with Crippen LogP contribution in [-0.4, -0.2) is 36.7 Å². The average Bonchev–Trinajstić information content (AvgIpc) is 2.17. The molecule has 1 heterocycles. The molecule has 86 valence electrons. The van der Waals surface area contributed by atoms with E-state index in [1.807, 2.05) is 0 Å². The van der Waals surface area contributed by atoms with E-state index in [0.717, 1.165) is 19.0 Å². The summed E-state index contributed by atoms with van der Waals surface area (Å²) in [5.41, 5.74) is 0. The maximum absolute atomic E-state index is 5.75. The van der Waals surface area contributed by atoms with Gasteiger partial charge < -0.3 is 4.74 Å². The molecule has 1 fully saturated rings. The third kappa shape index (κ3) is 3.32. The zero-order chi connectivity index (χ0) is 10.7. The Balaban J connectivity index is 1.80. The second-order valence-electron chi connectivity index (χ2n) is 5.13. The van der Waals surface area contributed by atoms with E-state index in [4.69, 9.17) is 4.74 Å². The normalized spacial score (nSPS) is 38.1. The molecule has 15 heavy (non-hydrogen) atoms. The molecule has 0 aromatic carbocycles. The third-order valence-electron chi connectivity index (χ3n) is 3.39. The Morgan fingerprint density at radius 2 is 1.93 bits per heavy atom. The van der Waals surface area contributed by atoms with E-state index in [1.165, 1.54) is 25.8 Å². The number of hydrogen-bond donors (Lipinski definition) is 0. The van der Waals surface area contributed by atoms with E-state index < -0.39 is 0 Å². The summed E-state index contributed by atoms with van der Waals surface area (Å²) in [4.78, 5) is 2.59. The minimum absolute atomic E-state index is 0.410. The van der Waals surface area contributed by atoms with E-state index in [2.05, 4.69) is 30.9 Å². The maximum Gasteiger partial charge on any atom is 0.0678 e. The molecule has 2 nitrogen and oxygen atoms in total. The molecule has 0 N–H and O–H groups in total. The molecule has 0 amide bonds. The number of allylic oxidation sites excluding steroid dienone is 2. The quantitative estimate of drug-likeness (QED) is 0.648. The van der Waals surface area contributed by atoms with Crippen molar-refractivity contribution in [1.82, 2.24) is 4.90 Å². The third-order valence-corrected chi connectivity index (χ3v) is 3.39. The molecule has 0 bridgehead atoms. The van der Waals surface area contributed by atoms with E-state index >= 15 is 0 Å². The van der Waals surface area contributed by atoms with Gasteiger partial charge in [0.15, 0.2) is 0 Å². The van der Waals surface area contributed by atoms with Gasteiger partial charge in [-0.25, -0.2) is 0 Å². The standard InChI is InChI=1S/C13H23NO/c1-11-8-14(9-12(2)15-11)10-13-6-4-3-5-7-13/h3-4,11-13H,5-10H2,1-2H3. The molecule has 2 heteroatoms. The SMILES string of the molecule is CC1CN(CC2CC=CCC2)CC(C)O1. The van der Waals surface area contributed by atoms with Gasteiger partial charge in [-0.15, -0.1) is 0 Å². The van der Waals surface area contributed by atoms with Crippen LogP contribution >= 0.6 is 0 Å². The first kappa shape index (κ1) is 11.2. The van der Waals surface area contributed by atoms with Gasteiger partial charge in [0.25, 0.3) is 0 Å². The zero-order valence-electron chi connectivity index (χ0n) is 9.98. The van der Waals surface area contributed by atoms with Gasteiger partial charge in [0.1, 0.15) is 0 Å². The van der Waals surface area contributed by atoms with Crippen molar-refractivity contribution in [1.29, 1.82) is 0 Å². The smallest absolute Gasteiger partial charge is 0.0678 e. The lowest BCUT2D eigenvalue weighted by Gasteiger charge is -2.37. The highest BCUT2D eigenvalue weighted by Gasteiger charge is 2.24. The first-order chi connectivity index (χ1) is 7.24. The fourth-order valence-corrected chi connectivity index (χ4v) is 2.82. The van der Waals surface area contributed by atoms with Crippen LogP contribution in [0.4, 0.5) is 0 Å². The van der Waals surface area contributed by atoms with Crippen LogP contribution in [0.5, 0.6) is 0 Å². The minimum Gasteiger partial charge on any atom is -0.373 e. The van der Waals surface area contributed by atoms with Gasteiger partial charge >= 0.3 is 0 Å². The first-order valence-corrected chi connectivity index (χ1v) is 6.27. The number of ether oxygens (including phenoxy) is 1. The van der Waals surface area contributed by atoms with Crippen molar-refractivity contribution in [2.24, 2.45) is 5.92 Å². The number of nitrogens with zero attached hydrogens (tertiary/aromatic N) is 1. The van der Waals surface area contributed by atoms with Crippen molar-refractivity contribution in [2.45, 2.75) is 45.3 Å². The van der Waals surface area contributed by atoms with Gasteiger partial charge in [0, 0.05) is 19.6 Å². The number of rotatable bonds is 2. The second kappa shape index (κ2) is 5.13. The van der Waals surface area contributed by atoms with Crippen molar-refractivity contribution in [3.63, 3.8) is 0 Å². The van der Waals surface area contributed by atoms with Crippen LogP contribution in [0.2, 0.25) is 0 Å². The Morgan fingerprint density at radius 3 is 2.53 bits per heavy atom. The molecule has 0 aromatic rings. The van der Waals surface area contributed by atoms with E-state index in [1.54, 1.807) is 0 Å². The molecule has 0 spiro atoms. The fourth-order valence-electron chi connectivity index (χ4n) is 2.82. The van der Waals surface area contributed by atoms with E-state index in [-0.39, 0.29) is 0 Å². The predicted octanol–water partition coefficient (Wildman–Crippen LogP) is 2.45.